The Bertz CT molecular complexity index is 569. The van der Waals surface area contributed by atoms with E-state index >= 15 is 0 Å². The minimum Gasteiger partial charge on any atom is -0.346 e. The summed E-state index contributed by atoms with van der Waals surface area (Å²) in [5.74, 6) is 0.347. The van der Waals surface area contributed by atoms with Crippen LogP contribution in [0.3, 0.4) is 0 Å². The summed E-state index contributed by atoms with van der Waals surface area (Å²) in [7, 11) is 0. The maximum Gasteiger partial charge on any atom is 0.225 e. The van der Waals surface area contributed by atoms with Gasteiger partial charge in [-0.25, -0.2) is 0 Å². The first-order valence-corrected chi connectivity index (χ1v) is 9.18. The summed E-state index contributed by atoms with van der Waals surface area (Å²) in [6, 6.07) is 9.47. The quantitative estimate of drug-likeness (QED) is 0.835. The van der Waals surface area contributed by atoms with Crippen molar-refractivity contribution < 1.29 is 4.79 Å². The fraction of sp³-hybridized carbons (Fsp3) is 0.500. The van der Waals surface area contributed by atoms with Gasteiger partial charge >= 0.3 is 0 Å². The van der Waals surface area contributed by atoms with Gasteiger partial charge in [-0.2, -0.15) is 0 Å². The molecule has 116 valence electrons. The fourth-order valence-electron chi connectivity index (χ4n) is 4.18. The molecule has 2 bridgehead atoms. The Hall–Kier alpha value is -1.55. The molecule has 2 aliphatic heterocycles. The van der Waals surface area contributed by atoms with Crippen molar-refractivity contribution in [3.8, 4) is 0 Å². The van der Waals surface area contributed by atoms with Crippen molar-refractivity contribution in [1.29, 1.82) is 0 Å². The number of amides is 1. The van der Waals surface area contributed by atoms with E-state index in [1.165, 1.54) is 37.0 Å². The van der Waals surface area contributed by atoms with Gasteiger partial charge in [0.1, 0.15) is 0 Å². The lowest BCUT2D eigenvalue weighted by atomic mass is 10.0. The first-order chi connectivity index (χ1) is 10.8. The van der Waals surface area contributed by atoms with Crippen LogP contribution < -0.4 is 0 Å². The average molecular weight is 314 g/mol. The third-order valence-corrected chi connectivity index (χ3v) is 6.18. The van der Waals surface area contributed by atoms with E-state index in [0.29, 0.717) is 24.4 Å². The molecule has 3 unspecified atom stereocenters. The molecule has 4 heterocycles. The van der Waals surface area contributed by atoms with E-state index in [-0.39, 0.29) is 6.04 Å². The molecule has 2 aliphatic rings. The van der Waals surface area contributed by atoms with Crippen molar-refractivity contribution in [2.24, 2.45) is 0 Å². The predicted octanol–water partition coefficient (Wildman–Crippen LogP) is 4.07. The van der Waals surface area contributed by atoms with E-state index in [4.69, 9.17) is 0 Å². The summed E-state index contributed by atoms with van der Waals surface area (Å²) >= 11 is 1.74. The molecule has 0 spiro atoms. The zero-order valence-corrected chi connectivity index (χ0v) is 13.5. The minimum atomic E-state index is 0.142. The Morgan fingerprint density at radius 2 is 1.86 bits per heavy atom. The summed E-state index contributed by atoms with van der Waals surface area (Å²) in [5.41, 5.74) is 0. The molecule has 2 saturated heterocycles. The number of thiophene rings is 1. The summed E-state index contributed by atoms with van der Waals surface area (Å²) in [6.45, 7) is 0. The van der Waals surface area contributed by atoms with Crippen molar-refractivity contribution >= 4 is 17.2 Å². The second-order valence-electron chi connectivity index (χ2n) is 6.48. The first-order valence-electron chi connectivity index (χ1n) is 8.30. The summed E-state index contributed by atoms with van der Waals surface area (Å²) in [4.78, 5) is 16.5. The van der Waals surface area contributed by atoms with Crippen LogP contribution in [0.15, 0.2) is 42.0 Å². The maximum absolute atomic E-state index is 13.0. The van der Waals surface area contributed by atoms with Crippen molar-refractivity contribution in [2.75, 3.05) is 0 Å². The van der Waals surface area contributed by atoms with Crippen LogP contribution in [0.25, 0.3) is 0 Å². The SMILES string of the molecule is O=C(CC(c1cccs1)n1cccc1)N1C2CCCC1CC2. The number of carbonyl (C=O) groups is 1. The molecule has 2 aromatic heterocycles. The van der Waals surface area contributed by atoms with Gasteiger partial charge in [0.05, 0.1) is 12.5 Å². The van der Waals surface area contributed by atoms with Gasteiger partial charge in [0, 0.05) is 29.4 Å². The standard InChI is InChI=1S/C18H22N2OS/c21-18(20-14-5-3-6-15(20)9-8-14)13-16(17-7-4-12-22-17)19-10-1-2-11-19/h1-2,4,7,10-12,14-16H,3,5-6,8-9,13H2. The average Bonchev–Trinajstić information content (AvgIpc) is 3.26. The van der Waals surface area contributed by atoms with Crippen LogP contribution in [0.5, 0.6) is 0 Å². The van der Waals surface area contributed by atoms with Gasteiger partial charge in [-0.15, -0.1) is 11.3 Å². The molecule has 4 rings (SSSR count). The third kappa shape index (κ3) is 2.50. The Kier molecular flexibility index (Phi) is 3.78. The summed E-state index contributed by atoms with van der Waals surface area (Å²) in [5, 5.41) is 2.10. The van der Waals surface area contributed by atoms with E-state index in [1.807, 2.05) is 12.1 Å². The Morgan fingerprint density at radius 1 is 1.14 bits per heavy atom. The van der Waals surface area contributed by atoms with Gasteiger partial charge < -0.3 is 9.47 Å². The molecule has 0 radical (unpaired) electrons. The summed E-state index contributed by atoms with van der Waals surface area (Å²) in [6.07, 6.45) is 10.9. The molecule has 1 amide bonds. The van der Waals surface area contributed by atoms with E-state index < -0.39 is 0 Å². The van der Waals surface area contributed by atoms with Gasteiger partial charge in [0.15, 0.2) is 0 Å². The highest BCUT2D eigenvalue weighted by molar-refractivity contribution is 7.10. The van der Waals surface area contributed by atoms with Crippen LogP contribution in [-0.4, -0.2) is 27.5 Å². The Labute approximate surface area is 135 Å². The smallest absolute Gasteiger partial charge is 0.225 e. The van der Waals surface area contributed by atoms with Gasteiger partial charge in [-0.05, 0) is 55.7 Å². The summed E-state index contributed by atoms with van der Waals surface area (Å²) < 4.78 is 2.18. The largest absolute Gasteiger partial charge is 0.346 e. The number of nitrogens with zero attached hydrogens (tertiary/aromatic N) is 2. The van der Waals surface area contributed by atoms with Gasteiger partial charge in [0.2, 0.25) is 5.91 Å². The van der Waals surface area contributed by atoms with E-state index in [9.17, 15) is 4.79 Å². The molecule has 3 nitrogen and oxygen atoms in total. The molecular formula is C18H22N2OS. The fourth-order valence-corrected chi connectivity index (χ4v) is 5.02. The van der Waals surface area contributed by atoms with Gasteiger partial charge in [-0.3, -0.25) is 4.79 Å². The zero-order valence-electron chi connectivity index (χ0n) is 12.7. The third-order valence-electron chi connectivity index (χ3n) is 5.21. The Morgan fingerprint density at radius 3 is 2.50 bits per heavy atom. The lowest BCUT2D eigenvalue weighted by Gasteiger charge is -2.36. The lowest BCUT2D eigenvalue weighted by Crippen LogP contribution is -2.44. The first kappa shape index (κ1) is 14.1. The highest BCUT2D eigenvalue weighted by atomic mass is 32.1. The van der Waals surface area contributed by atoms with Crippen molar-refractivity contribution in [3.05, 3.63) is 46.9 Å². The van der Waals surface area contributed by atoms with E-state index in [0.717, 1.165) is 0 Å². The lowest BCUT2D eigenvalue weighted by molar-refractivity contribution is -0.136. The van der Waals surface area contributed by atoms with Crippen LogP contribution >= 0.6 is 11.3 Å². The number of rotatable bonds is 4. The van der Waals surface area contributed by atoms with Gasteiger partial charge in [0.25, 0.3) is 0 Å². The molecular weight excluding hydrogens is 292 g/mol. The van der Waals surface area contributed by atoms with Crippen molar-refractivity contribution in [2.45, 2.75) is 56.7 Å². The normalized spacial score (nSPS) is 25.4. The number of piperidine rings is 1. The van der Waals surface area contributed by atoms with Crippen molar-refractivity contribution in [3.63, 3.8) is 0 Å². The molecule has 0 N–H and O–H groups in total. The molecule has 2 aromatic rings. The molecule has 4 heteroatoms. The minimum absolute atomic E-state index is 0.142. The zero-order chi connectivity index (χ0) is 14.9. The van der Waals surface area contributed by atoms with Crippen molar-refractivity contribution in [1.82, 2.24) is 9.47 Å². The van der Waals surface area contributed by atoms with Crippen LogP contribution in [-0.2, 0) is 4.79 Å². The molecule has 2 fully saturated rings. The number of carbonyl (C=O) groups excluding carboxylic acids is 1. The Balaban J connectivity index is 1.56. The van der Waals surface area contributed by atoms with E-state index in [2.05, 4.69) is 39.4 Å². The van der Waals surface area contributed by atoms with Crippen LogP contribution in [0, 0.1) is 0 Å². The number of fused-ring (bicyclic) bond motifs is 2. The monoisotopic (exact) mass is 314 g/mol. The predicted molar refractivity (Wildman–Crippen MR) is 89.0 cm³/mol. The van der Waals surface area contributed by atoms with Gasteiger partial charge in [-0.1, -0.05) is 6.07 Å². The van der Waals surface area contributed by atoms with E-state index in [1.54, 1.807) is 11.3 Å². The highest BCUT2D eigenvalue weighted by Crippen LogP contribution is 2.37. The maximum atomic E-state index is 13.0. The van der Waals surface area contributed by atoms with Crippen LogP contribution in [0.2, 0.25) is 0 Å². The highest BCUT2D eigenvalue weighted by Gasteiger charge is 2.39. The molecule has 0 aromatic carbocycles. The molecule has 22 heavy (non-hydrogen) atoms. The molecule has 3 atom stereocenters. The topological polar surface area (TPSA) is 25.2 Å². The number of hydrogen-bond donors (Lipinski definition) is 0. The molecule has 0 saturated carbocycles. The molecule has 0 aliphatic carbocycles. The van der Waals surface area contributed by atoms with Crippen LogP contribution in [0.1, 0.15) is 49.4 Å². The van der Waals surface area contributed by atoms with Crippen LogP contribution in [0.4, 0.5) is 0 Å². The number of hydrogen-bond acceptors (Lipinski definition) is 2. The number of aromatic nitrogens is 1. The second kappa shape index (κ2) is 5.92. The second-order valence-corrected chi connectivity index (χ2v) is 7.46.